The van der Waals surface area contributed by atoms with Gasteiger partial charge in [0.25, 0.3) is 0 Å². The molecule has 0 aromatic rings. The van der Waals surface area contributed by atoms with Crippen LogP contribution < -0.4 is 0 Å². The smallest absolute Gasteiger partial charge is 0.309 e. The van der Waals surface area contributed by atoms with Crippen molar-refractivity contribution >= 4 is 5.97 Å². The van der Waals surface area contributed by atoms with Crippen LogP contribution in [0.5, 0.6) is 0 Å². The van der Waals surface area contributed by atoms with Crippen molar-refractivity contribution in [3.8, 4) is 0 Å². The van der Waals surface area contributed by atoms with Crippen LogP contribution in [0.1, 0.15) is 106 Å². The molecule has 5 aliphatic carbocycles. The number of aliphatic carboxylic acids is 1. The molecule has 0 aromatic carbocycles. The summed E-state index contributed by atoms with van der Waals surface area (Å²) >= 11 is 0. The van der Waals surface area contributed by atoms with Gasteiger partial charge in [0.05, 0.1) is 11.5 Å². The predicted octanol–water partition coefficient (Wildman–Crippen LogP) is 7.15. The van der Waals surface area contributed by atoms with Gasteiger partial charge in [-0.05, 0) is 109 Å². The Morgan fingerprint density at radius 1 is 0.909 bits per heavy atom. The number of hydrogen-bond acceptors (Lipinski definition) is 2. The van der Waals surface area contributed by atoms with E-state index in [1.165, 1.54) is 36.8 Å². The molecule has 3 saturated carbocycles. The first-order valence-electron chi connectivity index (χ1n) is 13.5. The second kappa shape index (κ2) is 6.77. The van der Waals surface area contributed by atoms with Gasteiger partial charge in [0, 0.05) is 0 Å². The molecule has 2 N–H and O–H groups in total. The summed E-state index contributed by atoms with van der Waals surface area (Å²) in [4.78, 5) is 12.2. The van der Waals surface area contributed by atoms with Crippen molar-refractivity contribution in [3.05, 3.63) is 23.3 Å². The van der Waals surface area contributed by atoms with Gasteiger partial charge in [-0.3, -0.25) is 4.79 Å². The molecule has 8 unspecified atom stereocenters. The third-order valence-electron chi connectivity index (χ3n) is 12.7. The van der Waals surface area contributed by atoms with Crippen molar-refractivity contribution in [2.24, 2.45) is 44.3 Å². The van der Waals surface area contributed by atoms with Gasteiger partial charge >= 0.3 is 5.97 Å². The summed E-state index contributed by atoms with van der Waals surface area (Å²) in [5, 5.41) is 20.9. The first kappa shape index (κ1) is 23.6. The van der Waals surface area contributed by atoms with Crippen LogP contribution in [0.3, 0.4) is 0 Å². The summed E-state index contributed by atoms with van der Waals surface area (Å²) in [5.41, 5.74) is 2.87. The molecule has 3 fully saturated rings. The van der Waals surface area contributed by atoms with Crippen LogP contribution in [0.4, 0.5) is 0 Å². The third kappa shape index (κ3) is 2.81. The zero-order valence-corrected chi connectivity index (χ0v) is 22.1. The third-order valence-corrected chi connectivity index (χ3v) is 12.7. The Hall–Kier alpha value is -1.09. The Bertz CT molecular complexity index is 944. The van der Waals surface area contributed by atoms with E-state index >= 15 is 0 Å². The van der Waals surface area contributed by atoms with E-state index in [0.717, 1.165) is 25.7 Å². The van der Waals surface area contributed by atoms with E-state index in [-0.39, 0.29) is 33.2 Å². The number of carbonyl (C=O) groups is 1. The maximum Gasteiger partial charge on any atom is 0.309 e. The summed E-state index contributed by atoms with van der Waals surface area (Å²) in [6, 6.07) is 0. The van der Waals surface area contributed by atoms with Gasteiger partial charge in [-0.15, -0.1) is 0 Å². The predicted molar refractivity (Wildman–Crippen MR) is 133 cm³/mol. The fourth-order valence-electron chi connectivity index (χ4n) is 9.87. The van der Waals surface area contributed by atoms with Crippen LogP contribution >= 0.6 is 0 Å². The van der Waals surface area contributed by atoms with E-state index in [1.807, 2.05) is 6.92 Å². The molecule has 0 amide bonds. The topological polar surface area (TPSA) is 57.5 Å². The van der Waals surface area contributed by atoms with Crippen LogP contribution in [0, 0.1) is 44.3 Å². The summed E-state index contributed by atoms with van der Waals surface area (Å²) in [6.07, 6.45) is 14.0. The van der Waals surface area contributed by atoms with E-state index in [2.05, 4.69) is 53.7 Å². The molecular formula is C30H46O3. The normalized spacial score (nSPS) is 52.9. The molecule has 0 bridgehead atoms. The average Bonchev–Trinajstić information content (AvgIpc) is 2.73. The molecule has 8 atom stereocenters. The fraction of sp³-hybridized carbons (Fsp3) is 0.833. The van der Waals surface area contributed by atoms with E-state index in [1.54, 1.807) is 0 Å². The van der Waals surface area contributed by atoms with Gasteiger partial charge in [-0.2, -0.15) is 0 Å². The Morgan fingerprint density at radius 3 is 2.24 bits per heavy atom. The molecule has 3 nitrogen and oxygen atoms in total. The van der Waals surface area contributed by atoms with Crippen LogP contribution in [-0.4, -0.2) is 22.3 Å². The van der Waals surface area contributed by atoms with Crippen molar-refractivity contribution in [3.63, 3.8) is 0 Å². The number of fused-ring (bicyclic) bond motifs is 6. The van der Waals surface area contributed by atoms with E-state index in [4.69, 9.17) is 0 Å². The standard InChI is InChI=1S/C30H46O3/c1-25(2)21-10-13-30(7)22(28(21,5)12-11-23(25)31)9-8-19-20-18-27(4,24(32)33)15-14-26(20,3)16-17-29(19,30)6/h8-9,21-23,31H,10-18H2,1-7H3,(H,32,33). The Labute approximate surface area is 201 Å². The van der Waals surface area contributed by atoms with Crippen molar-refractivity contribution in [1.82, 2.24) is 0 Å². The van der Waals surface area contributed by atoms with Gasteiger partial charge in [-0.25, -0.2) is 0 Å². The molecule has 0 saturated heterocycles. The molecule has 0 radical (unpaired) electrons. The number of rotatable bonds is 1. The quantitative estimate of drug-likeness (QED) is 0.442. The summed E-state index contributed by atoms with van der Waals surface area (Å²) in [6.45, 7) is 16.6. The lowest BCUT2D eigenvalue weighted by molar-refractivity contribution is -0.182. The molecule has 3 heteroatoms. The summed E-state index contributed by atoms with van der Waals surface area (Å²) < 4.78 is 0. The Balaban J connectivity index is 1.65. The van der Waals surface area contributed by atoms with E-state index in [9.17, 15) is 15.0 Å². The van der Waals surface area contributed by atoms with Gasteiger partial charge in [0.15, 0.2) is 0 Å². The van der Waals surface area contributed by atoms with Crippen molar-refractivity contribution in [1.29, 1.82) is 0 Å². The number of aliphatic hydroxyl groups excluding tert-OH is 1. The second-order valence-corrected chi connectivity index (χ2v) is 14.6. The van der Waals surface area contributed by atoms with Crippen molar-refractivity contribution < 1.29 is 15.0 Å². The highest BCUT2D eigenvalue weighted by atomic mass is 16.4. The molecule has 0 spiro atoms. The zero-order valence-electron chi connectivity index (χ0n) is 22.1. The first-order chi connectivity index (χ1) is 15.1. The van der Waals surface area contributed by atoms with Crippen LogP contribution in [0.2, 0.25) is 0 Å². The summed E-state index contributed by atoms with van der Waals surface area (Å²) in [7, 11) is 0. The van der Waals surface area contributed by atoms with Gasteiger partial charge < -0.3 is 10.2 Å². The van der Waals surface area contributed by atoms with Crippen molar-refractivity contribution in [2.45, 2.75) is 112 Å². The Morgan fingerprint density at radius 2 is 1.58 bits per heavy atom. The molecule has 5 aliphatic rings. The minimum absolute atomic E-state index is 0.0420. The van der Waals surface area contributed by atoms with Gasteiger partial charge in [0.1, 0.15) is 0 Å². The SMILES string of the molecule is CC1(C(=O)O)CCC2(C)CCC3(C)C(=C2C1)C=CC1C2(C)CCC(O)C(C)(C)C2CCC13C. The number of carboxylic acids is 1. The van der Waals surface area contributed by atoms with E-state index in [0.29, 0.717) is 18.3 Å². The highest BCUT2D eigenvalue weighted by molar-refractivity contribution is 5.75. The highest BCUT2D eigenvalue weighted by Crippen LogP contribution is 2.74. The lowest BCUT2D eigenvalue weighted by Gasteiger charge is -2.69. The minimum atomic E-state index is -0.640. The molecule has 5 rings (SSSR count). The molecule has 184 valence electrons. The summed E-state index contributed by atoms with van der Waals surface area (Å²) in [5.74, 6) is 0.404. The van der Waals surface area contributed by atoms with Gasteiger partial charge in [0.2, 0.25) is 0 Å². The maximum atomic E-state index is 12.2. The Kier molecular flexibility index (Phi) is 4.85. The van der Waals surface area contributed by atoms with Crippen LogP contribution in [0.15, 0.2) is 23.3 Å². The highest BCUT2D eigenvalue weighted by Gasteiger charge is 2.66. The number of carboxylic acid groups (broad SMARTS) is 1. The first-order valence-corrected chi connectivity index (χ1v) is 13.5. The minimum Gasteiger partial charge on any atom is -0.481 e. The zero-order chi connectivity index (χ0) is 24.2. The van der Waals surface area contributed by atoms with Gasteiger partial charge in [-0.1, -0.05) is 59.3 Å². The monoisotopic (exact) mass is 454 g/mol. The molecule has 0 aromatic heterocycles. The molecule has 0 aliphatic heterocycles. The van der Waals surface area contributed by atoms with E-state index < -0.39 is 11.4 Å². The van der Waals surface area contributed by atoms with Crippen LogP contribution in [-0.2, 0) is 4.79 Å². The second-order valence-electron chi connectivity index (χ2n) is 14.6. The average molecular weight is 455 g/mol. The lowest BCUT2D eigenvalue weighted by atomic mass is 9.35. The number of allylic oxidation sites excluding steroid dienone is 4. The number of hydrogen-bond donors (Lipinski definition) is 2. The maximum absolute atomic E-state index is 12.2. The molecular weight excluding hydrogens is 408 g/mol. The molecule has 0 heterocycles. The molecule has 33 heavy (non-hydrogen) atoms. The van der Waals surface area contributed by atoms with Crippen molar-refractivity contribution in [2.75, 3.05) is 0 Å². The fourth-order valence-corrected chi connectivity index (χ4v) is 9.87. The lowest BCUT2D eigenvalue weighted by Crippen LogP contribution is -2.63. The number of aliphatic hydroxyl groups is 1. The largest absolute Gasteiger partial charge is 0.481 e. The van der Waals surface area contributed by atoms with Crippen LogP contribution in [0.25, 0.3) is 0 Å².